The minimum Gasteiger partial charge on any atom is -0.550 e. The van der Waals surface area contributed by atoms with Crippen LogP contribution in [0.2, 0.25) is 0 Å². The van der Waals surface area contributed by atoms with E-state index in [2.05, 4.69) is 12.2 Å². The maximum Gasteiger partial charge on any atom is 1.00 e. The van der Waals surface area contributed by atoms with Gasteiger partial charge in [0.05, 0.1) is 0 Å². The molecule has 2 nitrogen and oxygen atoms in total. The van der Waals surface area contributed by atoms with E-state index in [1.807, 2.05) is 0 Å². The average molecular weight is 226 g/mol. The van der Waals surface area contributed by atoms with Gasteiger partial charge in [-0.3, -0.25) is 0 Å². The van der Waals surface area contributed by atoms with Crippen LogP contribution in [-0.2, 0) is 4.79 Å². The molecule has 0 N–H and O–H groups in total. The van der Waals surface area contributed by atoms with E-state index in [-0.39, 0.29) is 35.5 Å². The molecule has 4 aliphatic rings. The third kappa shape index (κ3) is 1.21. The normalized spacial score (nSPS) is 55.1. The zero-order chi connectivity index (χ0) is 10.2. The van der Waals surface area contributed by atoms with Crippen molar-refractivity contribution in [1.82, 2.24) is 0 Å². The predicted molar refractivity (Wildman–Crippen MR) is 52.4 cm³/mol. The van der Waals surface area contributed by atoms with Gasteiger partial charge in [0, 0.05) is 11.9 Å². The molecule has 0 heterocycles. The van der Waals surface area contributed by atoms with Gasteiger partial charge in [0.25, 0.3) is 0 Å². The summed E-state index contributed by atoms with van der Waals surface area (Å²) in [6.45, 7) is 0. The molecule has 4 aliphatic carbocycles. The van der Waals surface area contributed by atoms with Crippen LogP contribution < -0.4 is 34.7 Å². The van der Waals surface area contributed by atoms with Crippen LogP contribution in [0.4, 0.5) is 0 Å². The molecule has 3 saturated carbocycles. The van der Waals surface area contributed by atoms with Crippen LogP contribution in [0.25, 0.3) is 0 Å². The number of allylic oxidation sites excluding steroid dienone is 2. The Labute approximate surface area is 118 Å². The Hall–Kier alpha value is 0.210. The number of fused-ring (bicyclic) bond motifs is 9. The molecular weight excluding hydrogens is 211 g/mol. The van der Waals surface area contributed by atoms with Crippen molar-refractivity contribution in [3.63, 3.8) is 0 Å². The van der Waals surface area contributed by atoms with E-state index in [1.165, 1.54) is 12.8 Å². The molecule has 0 aromatic carbocycles. The van der Waals surface area contributed by atoms with Gasteiger partial charge in [0.15, 0.2) is 0 Å². The fourth-order valence-corrected chi connectivity index (χ4v) is 5.29. The van der Waals surface area contributed by atoms with Crippen molar-refractivity contribution >= 4 is 5.97 Å². The molecule has 80 valence electrons. The fraction of sp³-hybridized carbons (Fsp3) is 0.769. The van der Waals surface area contributed by atoms with Crippen LogP contribution in [0, 0.1) is 41.4 Å². The Bertz CT molecular complexity index is 365. The number of carboxylic acid groups (broad SMARTS) is 1. The molecule has 4 bridgehead atoms. The quantitative estimate of drug-likeness (QED) is 0.290. The first-order valence-corrected chi connectivity index (χ1v) is 6.15. The van der Waals surface area contributed by atoms with Crippen LogP contribution in [-0.4, -0.2) is 5.97 Å². The first-order valence-electron chi connectivity index (χ1n) is 6.15. The van der Waals surface area contributed by atoms with E-state index in [0.717, 1.165) is 18.3 Å². The Morgan fingerprint density at radius 2 is 1.75 bits per heavy atom. The van der Waals surface area contributed by atoms with Crippen molar-refractivity contribution in [3.8, 4) is 0 Å². The minimum absolute atomic E-state index is 0. The summed E-state index contributed by atoms with van der Waals surface area (Å²) in [6, 6.07) is 0. The van der Waals surface area contributed by atoms with Crippen molar-refractivity contribution in [3.05, 3.63) is 12.2 Å². The summed E-state index contributed by atoms with van der Waals surface area (Å²) >= 11 is 0. The van der Waals surface area contributed by atoms with E-state index < -0.39 is 5.97 Å². The summed E-state index contributed by atoms with van der Waals surface area (Å²) in [4.78, 5) is 11.1. The zero-order valence-electron chi connectivity index (χ0n) is 9.63. The number of carboxylic acids is 1. The number of carbonyl (C=O) groups is 1. The molecule has 16 heavy (non-hydrogen) atoms. The van der Waals surface area contributed by atoms with Crippen molar-refractivity contribution in [2.24, 2.45) is 41.4 Å². The van der Waals surface area contributed by atoms with Gasteiger partial charge < -0.3 is 9.90 Å². The molecule has 7 atom stereocenters. The van der Waals surface area contributed by atoms with Crippen molar-refractivity contribution in [1.29, 1.82) is 0 Å². The summed E-state index contributed by atoms with van der Waals surface area (Å²) in [6.07, 6.45) is 8.12. The Kier molecular flexibility index (Phi) is 2.54. The monoisotopic (exact) mass is 226 g/mol. The Morgan fingerprint density at radius 1 is 1.06 bits per heavy atom. The molecule has 0 radical (unpaired) electrons. The van der Waals surface area contributed by atoms with E-state index in [4.69, 9.17) is 0 Å². The summed E-state index contributed by atoms with van der Waals surface area (Å²) in [5, 5.41) is 11.1. The van der Waals surface area contributed by atoms with Crippen molar-refractivity contribution < 1.29 is 39.5 Å². The van der Waals surface area contributed by atoms with Gasteiger partial charge in [0.1, 0.15) is 0 Å². The summed E-state index contributed by atoms with van der Waals surface area (Å²) < 4.78 is 0. The molecule has 0 saturated heterocycles. The molecule has 3 fully saturated rings. The number of aliphatic carboxylic acids is 1. The topological polar surface area (TPSA) is 40.1 Å². The Morgan fingerprint density at radius 3 is 2.44 bits per heavy atom. The van der Waals surface area contributed by atoms with E-state index in [9.17, 15) is 9.90 Å². The maximum absolute atomic E-state index is 11.1. The SMILES string of the molecule is O=C([O-])C1CC2CC1C1C3C=CC(C3)C21.[Na+]. The summed E-state index contributed by atoms with van der Waals surface area (Å²) in [7, 11) is 0. The molecule has 0 aliphatic heterocycles. The van der Waals surface area contributed by atoms with Gasteiger partial charge in [-0.15, -0.1) is 0 Å². The average Bonchev–Trinajstić information content (AvgIpc) is 2.95. The molecular formula is C13H15NaO2. The molecule has 0 amide bonds. The van der Waals surface area contributed by atoms with E-state index in [0.29, 0.717) is 23.7 Å². The number of rotatable bonds is 1. The maximum atomic E-state index is 11.1. The largest absolute Gasteiger partial charge is 1.00 e. The van der Waals surface area contributed by atoms with Crippen LogP contribution in [0.3, 0.4) is 0 Å². The first-order chi connectivity index (χ1) is 7.25. The molecule has 0 aromatic heterocycles. The van der Waals surface area contributed by atoms with Crippen LogP contribution in [0.15, 0.2) is 12.2 Å². The third-order valence-electron chi connectivity index (χ3n) is 5.57. The number of carbonyl (C=O) groups excluding carboxylic acids is 1. The van der Waals surface area contributed by atoms with Crippen LogP contribution in [0.5, 0.6) is 0 Å². The second kappa shape index (κ2) is 3.60. The molecule has 3 heteroatoms. The smallest absolute Gasteiger partial charge is 0.550 e. The second-order valence-electron chi connectivity index (χ2n) is 5.92. The molecule has 4 rings (SSSR count). The molecule has 7 unspecified atom stereocenters. The van der Waals surface area contributed by atoms with Gasteiger partial charge >= 0.3 is 29.6 Å². The van der Waals surface area contributed by atoms with Gasteiger partial charge in [-0.25, -0.2) is 0 Å². The zero-order valence-corrected chi connectivity index (χ0v) is 11.6. The molecule has 0 aromatic rings. The molecule has 0 spiro atoms. The summed E-state index contributed by atoms with van der Waals surface area (Å²) in [5.41, 5.74) is 0. The summed E-state index contributed by atoms with van der Waals surface area (Å²) in [5.74, 6) is 3.27. The van der Waals surface area contributed by atoms with Crippen LogP contribution in [0.1, 0.15) is 19.3 Å². The first kappa shape index (κ1) is 11.3. The standard InChI is InChI=1S/C13H16O2.Na/c14-13(15)10-5-8-4-9(10)12-7-2-1-6(3-7)11(8)12;/h1-2,6-12H,3-5H2,(H,14,15);/q;+1/p-1. The van der Waals surface area contributed by atoms with Gasteiger partial charge in [-0.1, -0.05) is 12.2 Å². The van der Waals surface area contributed by atoms with E-state index in [1.54, 1.807) is 0 Å². The van der Waals surface area contributed by atoms with Crippen LogP contribution >= 0.6 is 0 Å². The van der Waals surface area contributed by atoms with Gasteiger partial charge in [-0.05, 0) is 54.8 Å². The van der Waals surface area contributed by atoms with Crippen molar-refractivity contribution in [2.45, 2.75) is 19.3 Å². The van der Waals surface area contributed by atoms with Gasteiger partial charge in [-0.2, -0.15) is 0 Å². The third-order valence-corrected chi connectivity index (χ3v) is 5.57. The minimum atomic E-state index is -0.785. The van der Waals surface area contributed by atoms with E-state index >= 15 is 0 Å². The Balaban J connectivity index is 0.000000810. The number of hydrogen-bond acceptors (Lipinski definition) is 2. The van der Waals surface area contributed by atoms with Crippen molar-refractivity contribution in [2.75, 3.05) is 0 Å². The number of hydrogen-bond donors (Lipinski definition) is 0. The fourth-order valence-electron chi connectivity index (χ4n) is 5.29. The van der Waals surface area contributed by atoms with Gasteiger partial charge in [0.2, 0.25) is 0 Å². The predicted octanol–water partition coefficient (Wildman–Crippen LogP) is -2.17. The second-order valence-corrected chi connectivity index (χ2v) is 5.92.